The molecular formula is C19H26N4OS. The Labute approximate surface area is 152 Å². The van der Waals surface area contributed by atoms with Crippen LogP contribution < -0.4 is 5.56 Å². The zero-order valence-corrected chi connectivity index (χ0v) is 15.9. The molecule has 0 amide bonds. The molecule has 3 heterocycles. The molecule has 6 heteroatoms. The first-order valence-corrected chi connectivity index (χ1v) is 10.2. The summed E-state index contributed by atoms with van der Waals surface area (Å²) in [5, 5.41) is 3.58. The predicted molar refractivity (Wildman–Crippen MR) is 100 cm³/mol. The summed E-state index contributed by atoms with van der Waals surface area (Å²) in [5.41, 5.74) is 2.96. The highest BCUT2D eigenvalue weighted by atomic mass is 32.1. The standard InChI is InChI=1S/C19H26N4OS/c1-13-14(2)20-12-23(19(13)24)9-15-5-7-22(8-6-15)10-17-11-25-18(21-17)16-3-4-16/h11-12,15-16H,3-10H2,1-2H3. The number of rotatable bonds is 5. The minimum absolute atomic E-state index is 0.116. The van der Waals surface area contributed by atoms with Crippen molar-refractivity contribution >= 4 is 11.3 Å². The second kappa shape index (κ2) is 7.00. The fourth-order valence-corrected chi connectivity index (χ4v) is 4.54. The van der Waals surface area contributed by atoms with E-state index in [9.17, 15) is 4.79 Å². The van der Waals surface area contributed by atoms with Gasteiger partial charge in [0.25, 0.3) is 5.56 Å². The van der Waals surface area contributed by atoms with Gasteiger partial charge in [-0.15, -0.1) is 11.3 Å². The van der Waals surface area contributed by atoms with E-state index < -0.39 is 0 Å². The van der Waals surface area contributed by atoms with Crippen molar-refractivity contribution in [2.24, 2.45) is 5.92 Å². The smallest absolute Gasteiger partial charge is 0.256 e. The molecule has 0 atom stereocenters. The van der Waals surface area contributed by atoms with Gasteiger partial charge in [-0.2, -0.15) is 0 Å². The zero-order valence-electron chi connectivity index (χ0n) is 15.1. The molecule has 0 aromatic carbocycles. The predicted octanol–water partition coefficient (Wildman–Crippen LogP) is 3.11. The number of nitrogens with zero attached hydrogens (tertiary/aromatic N) is 4. The Balaban J connectivity index is 1.30. The molecule has 0 N–H and O–H groups in total. The van der Waals surface area contributed by atoms with E-state index in [2.05, 4.69) is 15.3 Å². The van der Waals surface area contributed by atoms with Gasteiger partial charge in [0.2, 0.25) is 0 Å². The van der Waals surface area contributed by atoms with Gasteiger partial charge in [0, 0.05) is 35.6 Å². The van der Waals surface area contributed by atoms with E-state index in [1.807, 2.05) is 25.2 Å². The highest BCUT2D eigenvalue weighted by Gasteiger charge is 2.27. The Morgan fingerprint density at radius 1 is 1.20 bits per heavy atom. The van der Waals surface area contributed by atoms with E-state index in [4.69, 9.17) is 4.98 Å². The van der Waals surface area contributed by atoms with Crippen LogP contribution in [0.4, 0.5) is 0 Å². The molecule has 0 bridgehead atoms. The fraction of sp³-hybridized carbons (Fsp3) is 0.632. The lowest BCUT2D eigenvalue weighted by molar-refractivity contribution is 0.165. The molecule has 134 valence electrons. The molecule has 5 nitrogen and oxygen atoms in total. The number of likely N-dealkylation sites (tertiary alicyclic amines) is 1. The van der Waals surface area contributed by atoms with Crippen molar-refractivity contribution in [3.63, 3.8) is 0 Å². The average molecular weight is 359 g/mol. The molecule has 2 aliphatic rings. The first-order chi connectivity index (χ1) is 12.1. The molecule has 0 spiro atoms. The summed E-state index contributed by atoms with van der Waals surface area (Å²) in [6, 6.07) is 0. The Hall–Kier alpha value is -1.53. The largest absolute Gasteiger partial charge is 0.299 e. The molecule has 2 fully saturated rings. The lowest BCUT2D eigenvalue weighted by atomic mass is 9.96. The molecule has 0 unspecified atom stereocenters. The van der Waals surface area contributed by atoms with E-state index in [0.29, 0.717) is 5.92 Å². The van der Waals surface area contributed by atoms with Crippen molar-refractivity contribution < 1.29 is 0 Å². The van der Waals surface area contributed by atoms with Gasteiger partial charge in [-0.05, 0) is 58.5 Å². The molecule has 2 aromatic rings. The molecule has 1 aliphatic carbocycles. The molecule has 1 aliphatic heterocycles. The van der Waals surface area contributed by atoms with Crippen molar-refractivity contribution in [2.75, 3.05) is 13.1 Å². The van der Waals surface area contributed by atoms with E-state index in [1.165, 1.54) is 23.5 Å². The van der Waals surface area contributed by atoms with Crippen LogP contribution in [0.5, 0.6) is 0 Å². The Morgan fingerprint density at radius 2 is 1.96 bits per heavy atom. The minimum Gasteiger partial charge on any atom is -0.299 e. The van der Waals surface area contributed by atoms with Crippen LogP contribution in [-0.4, -0.2) is 32.5 Å². The van der Waals surface area contributed by atoms with Crippen LogP contribution in [0.15, 0.2) is 16.5 Å². The summed E-state index contributed by atoms with van der Waals surface area (Å²) >= 11 is 1.83. The lowest BCUT2D eigenvalue weighted by Gasteiger charge is -2.31. The zero-order chi connectivity index (χ0) is 17.4. The molecular weight excluding hydrogens is 332 g/mol. The molecule has 0 radical (unpaired) electrons. The minimum atomic E-state index is 0.116. The van der Waals surface area contributed by atoms with Gasteiger partial charge in [-0.1, -0.05) is 0 Å². The van der Waals surface area contributed by atoms with Crippen LogP contribution in [0.2, 0.25) is 0 Å². The normalized spacial score (nSPS) is 19.4. The number of hydrogen-bond acceptors (Lipinski definition) is 5. The number of aromatic nitrogens is 3. The van der Waals surface area contributed by atoms with E-state index in [-0.39, 0.29) is 5.56 Å². The highest BCUT2D eigenvalue weighted by Crippen LogP contribution is 2.41. The number of aryl methyl sites for hydroxylation is 1. The SMILES string of the molecule is Cc1ncn(CC2CCN(Cc3csc(C4CC4)n3)CC2)c(=O)c1C. The van der Waals surface area contributed by atoms with Crippen LogP contribution in [0, 0.1) is 19.8 Å². The lowest BCUT2D eigenvalue weighted by Crippen LogP contribution is -2.36. The Bertz CT molecular complexity index is 800. The molecule has 1 saturated carbocycles. The maximum absolute atomic E-state index is 12.3. The van der Waals surface area contributed by atoms with Crippen molar-refractivity contribution in [1.82, 2.24) is 19.4 Å². The third-order valence-electron chi connectivity index (χ3n) is 5.56. The van der Waals surface area contributed by atoms with E-state index in [0.717, 1.165) is 56.2 Å². The molecule has 25 heavy (non-hydrogen) atoms. The Morgan fingerprint density at radius 3 is 2.68 bits per heavy atom. The molecule has 2 aromatic heterocycles. The summed E-state index contributed by atoms with van der Waals surface area (Å²) in [7, 11) is 0. The third-order valence-corrected chi connectivity index (χ3v) is 6.61. The van der Waals surface area contributed by atoms with Crippen LogP contribution in [0.25, 0.3) is 0 Å². The first kappa shape index (κ1) is 16.9. The summed E-state index contributed by atoms with van der Waals surface area (Å²) in [4.78, 5) is 24.0. The Kier molecular flexibility index (Phi) is 4.73. The fourth-order valence-electron chi connectivity index (χ4n) is 3.55. The van der Waals surface area contributed by atoms with Crippen LogP contribution in [-0.2, 0) is 13.1 Å². The van der Waals surface area contributed by atoms with Gasteiger partial charge in [0.1, 0.15) is 0 Å². The summed E-state index contributed by atoms with van der Waals surface area (Å²) in [6.07, 6.45) is 6.64. The second-order valence-corrected chi connectivity index (χ2v) is 8.47. The van der Waals surface area contributed by atoms with Crippen LogP contribution >= 0.6 is 11.3 Å². The van der Waals surface area contributed by atoms with E-state index in [1.54, 1.807) is 10.9 Å². The molecule has 1 saturated heterocycles. The van der Waals surface area contributed by atoms with Gasteiger partial charge in [-0.25, -0.2) is 9.97 Å². The topological polar surface area (TPSA) is 51.0 Å². The maximum atomic E-state index is 12.3. The summed E-state index contributed by atoms with van der Waals surface area (Å²) in [6.45, 7) is 7.71. The quantitative estimate of drug-likeness (QED) is 0.824. The van der Waals surface area contributed by atoms with Gasteiger partial charge >= 0.3 is 0 Å². The van der Waals surface area contributed by atoms with Crippen molar-refractivity contribution in [3.05, 3.63) is 44.0 Å². The van der Waals surface area contributed by atoms with E-state index >= 15 is 0 Å². The van der Waals surface area contributed by atoms with Crippen LogP contribution in [0.1, 0.15) is 53.6 Å². The number of thiazole rings is 1. The van der Waals surface area contributed by atoms with Crippen LogP contribution in [0.3, 0.4) is 0 Å². The summed E-state index contributed by atoms with van der Waals surface area (Å²) in [5.74, 6) is 1.32. The van der Waals surface area contributed by atoms with Gasteiger partial charge < -0.3 is 0 Å². The average Bonchev–Trinajstić information content (AvgIpc) is 3.37. The first-order valence-electron chi connectivity index (χ1n) is 9.29. The van der Waals surface area contributed by atoms with Gasteiger partial charge in [-0.3, -0.25) is 14.3 Å². The second-order valence-electron chi connectivity index (χ2n) is 7.58. The highest BCUT2D eigenvalue weighted by molar-refractivity contribution is 7.09. The van der Waals surface area contributed by atoms with Crippen molar-refractivity contribution in [3.8, 4) is 0 Å². The third kappa shape index (κ3) is 3.85. The molecule has 4 rings (SSSR count). The van der Waals surface area contributed by atoms with Crippen molar-refractivity contribution in [1.29, 1.82) is 0 Å². The van der Waals surface area contributed by atoms with Gasteiger partial charge in [0.15, 0.2) is 0 Å². The monoisotopic (exact) mass is 358 g/mol. The number of piperidine rings is 1. The van der Waals surface area contributed by atoms with Crippen molar-refractivity contribution in [2.45, 2.75) is 58.5 Å². The van der Waals surface area contributed by atoms with Gasteiger partial charge in [0.05, 0.1) is 17.0 Å². The number of hydrogen-bond donors (Lipinski definition) is 0. The maximum Gasteiger partial charge on any atom is 0.256 e. The summed E-state index contributed by atoms with van der Waals surface area (Å²) < 4.78 is 1.80.